The standard InChI is InChI=1S/C28H35Cl2N3O6S/c1-3-40(36,37)33(21-12-13-25-26(16-21)39-15-14-38-25)18-27(34)32(17-22-23(29)10-7-11-24(22)30)19(2)28(35)31-20-8-5-4-6-9-20/h7,10-13,16,19-20H,3-6,8-9,14-15,17-18H2,1-2H3,(H,31,35)/t19-/m0/s1. The van der Waals surface area contributed by atoms with Gasteiger partial charge < -0.3 is 19.7 Å². The van der Waals surface area contributed by atoms with Gasteiger partial charge in [0, 0.05) is 34.3 Å². The zero-order chi connectivity index (χ0) is 28.9. The van der Waals surface area contributed by atoms with Crippen molar-refractivity contribution in [1.29, 1.82) is 0 Å². The van der Waals surface area contributed by atoms with Crippen molar-refractivity contribution in [2.45, 2.75) is 64.6 Å². The molecule has 2 aliphatic rings. The molecule has 0 aromatic heterocycles. The van der Waals surface area contributed by atoms with E-state index in [1.807, 2.05) is 0 Å². The zero-order valence-electron chi connectivity index (χ0n) is 22.7. The second-order valence-corrected chi connectivity index (χ2v) is 13.0. The predicted octanol–water partition coefficient (Wildman–Crippen LogP) is 4.79. The van der Waals surface area contributed by atoms with Gasteiger partial charge in [0.25, 0.3) is 0 Å². The van der Waals surface area contributed by atoms with Gasteiger partial charge in [0.1, 0.15) is 25.8 Å². The first-order valence-electron chi connectivity index (χ1n) is 13.5. The van der Waals surface area contributed by atoms with Gasteiger partial charge in [-0.05, 0) is 51.0 Å². The number of hydrogen-bond donors (Lipinski definition) is 1. The highest BCUT2D eigenvalue weighted by atomic mass is 35.5. The number of nitrogens with zero attached hydrogens (tertiary/aromatic N) is 2. The van der Waals surface area contributed by atoms with E-state index in [1.54, 1.807) is 43.3 Å². The Bertz CT molecular complexity index is 1310. The first-order chi connectivity index (χ1) is 19.1. The minimum atomic E-state index is -3.89. The summed E-state index contributed by atoms with van der Waals surface area (Å²) < 4.78 is 38.7. The van der Waals surface area contributed by atoms with Crippen molar-refractivity contribution >= 4 is 50.7 Å². The van der Waals surface area contributed by atoms with Crippen molar-refractivity contribution in [3.8, 4) is 11.5 Å². The molecule has 1 fully saturated rings. The van der Waals surface area contributed by atoms with Crippen LogP contribution in [-0.2, 0) is 26.2 Å². The number of fused-ring (bicyclic) bond motifs is 1. The Morgan fingerprint density at radius 3 is 2.33 bits per heavy atom. The Labute approximate surface area is 245 Å². The first kappa shape index (κ1) is 30.3. The van der Waals surface area contributed by atoms with Gasteiger partial charge in [-0.25, -0.2) is 8.42 Å². The smallest absolute Gasteiger partial charge is 0.244 e. The van der Waals surface area contributed by atoms with Crippen molar-refractivity contribution in [2.75, 3.05) is 29.8 Å². The molecule has 40 heavy (non-hydrogen) atoms. The SMILES string of the molecule is CCS(=O)(=O)N(CC(=O)N(Cc1c(Cl)cccc1Cl)[C@@H](C)C(=O)NC1CCCCC1)c1ccc2c(c1)OCCO2. The van der Waals surface area contributed by atoms with Gasteiger partial charge in [-0.1, -0.05) is 48.5 Å². The number of ether oxygens (including phenoxy) is 2. The van der Waals surface area contributed by atoms with Crippen molar-refractivity contribution in [3.05, 3.63) is 52.0 Å². The molecule has 2 aromatic rings. The lowest BCUT2D eigenvalue weighted by atomic mass is 9.95. The Hall–Kier alpha value is -2.69. The lowest BCUT2D eigenvalue weighted by Crippen LogP contribution is -2.53. The minimum Gasteiger partial charge on any atom is -0.486 e. The molecule has 0 spiro atoms. The van der Waals surface area contributed by atoms with Crippen LogP contribution in [-0.4, -0.2) is 62.7 Å². The fourth-order valence-corrected chi connectivity index (χ4v) is 6.48. The Kier molecular flexibility index (Phi) is 10.1. The van der Waals surface area contributed by atoms with Gasteiger partial charge in [0.2, 0.25) is 21.8 Å². The molecule has 1 aliphatic heterocycles. The molecule has 0 radical (unpaired) electrons. The normalized spacial score (nSPS) is 16.2. The summed E-state index contributed by atoms with van der Waals surface area (Å²) in [6.45, 7) is 3.25. The van der Waals surface area contributed by atoms with E-state index in [2.05, 4.69) is 5.32 Å². The van der Waals surface area contributed by atoms with Crippen LogP contribution in [0.25, 0.3) is 0 Å². The molecule has 0 bridgehead atoms. The fourth-order valence-electron chi connectivity index (χ4n) is 4.91. The number of anilines is 1. The maximum atomic E-state index is 13.9. The molecular formula is C28H35Cl2N3O6S. The van der Waals surface area contributed by atoms with E-state index in [4.69, 9.17) is 32.7 Å². The average Bonchev–Trinajstić information content (AvgIpc) is 2.95. The van der Waals surface area contributed by atoms with Crippen LogP contribution in [0.1, 0.15) is 51.5 Å². The van der Waals surface area contributed by atoms with E-state index in [-0.39, 0.29) is 29.9 Å². The van der Waals surface area contributed by atoms with Crippen molar-refractivity contribution in [2.24, 2.45) is 0 Å². The van der Waals surface area contributed by atoms with Gasteiger partial charge >= 0.3 is 0 Å². The van der Waals surface area contributed by atoms with Crippen LogP contribution in [0.2, 0.25) is 10.0 Å². The molecule has 0 saturated heterocycles. The molecule has 1 N–H and O–H groups in total. The van der Waals surface area contributed by atoms with E-state index < -0.39 is 28.5 Å². The third-order valence-corrected chi connectivity index (χ3v) is 9.75. The monoisotopic (exact) mass is 611 g/mol. The second kappa shape index (κ2) is 13.3. The van der Waals surface area contributed by atoms with Gasteiger partial charge in [0.05, 0.1) is 11.4 Å². The summed E-state index contributed by atoms with van der Waals surface area (Å²) in [5.41, 5.74) is 0.732. The topological polar surface area (TPSA) is 105 Å². The number of halogens is 2. The molecule has 2 aromatic carbocycles. The quantitative estimate of drug-likeness (QED) is 0.414. The third kappa shape index (κ3) is 7.14. The number of hydrogen-bond acceptors (Lipinski definition) is 6. The zero-order valence-corrected chi connectivity index (χ0v) is 25.0. The van der Waals surface area contributed by atoms with E-state index in [1.165, 1.54) is 11.8 Å². The van der Waals surface area contributed by atoms with Crippen LogP contribution in [0.4, 0.5) is 5.69 Å². The summed E-state index contributed by atoms with van der Waals surface area (Å²) in [7, 11) is -3.89. The number of benzene rings is 2. The van der Waals surface area contributed by atoms with Crippen molar-refractivity contribution in [1.82, 2.24) is 10.2 Å². The Balaban J connectivity index is 1.65. The highest BCUT2D eigenvalue weighted by molar-refractivity contribution is 7.92. The fraction of sp³-hybridized carbons (Fsp3) is 0.500. The van der Waals surface area contributed by atoms with Crippen molar-refractivity contribution < 1.29 is 27.5 Å². The van der Waals surface area contributed by atoms with Crippen LogP contribution < -0.4 is 19.1 Å². The summed E-state index contributed by atoms with van der Waals surface area (Å²) in [6, 6.07) is 8.87. The summed E-state index contributed by atoms with van der Waals surface area (Å²) >= 11 is 12.9. The number of carbonyl (C=O) groups is 2. The third-order valence-electron chi connectivity index (χ3n) is 7.30. The Morgan fingerprint density at radius 2 is 1.68 bits per heavy atom. The number of nitrogens with one attached hydrogen (secondary N) is 1. The van der Waals surface area contributed by atoms with Crippen LogP contribution >= 0.6 is 23.2 Å². The number of rotatable bonds is 10. The van der Waals surface area contributed by atoms with E-state index >= 15 is 0 Å². The van der Waals surface area contributed by atoms with E-state index in [9.17, 15) is 18.0 Å². The van der Waals surface area contributed by atoms with Crippen LogP contribution in [0.5, 0.6) is 11.5 Å². The van der Waals surface area contributed by atoms with Crippen LogP contribution in [0.3, 0.4) is 0 Å². The van der Waals surface area contributed by atoms with Gasteiger partial charge in [-0.15, -0.1) is 0 Å². The highest BCUT2D eigenvalue weighted by Crippen LogP contribution is 2.35. The predicted molar refractivity (Wildman–Crippen MR) is 156 cm³/mol. The average molecular weight is 613 g/mol. The summed E-state index contributed by atoms with van der Waals surface area (Å²) in [5, 5.41) is 3.75. The maximum Gasteiger partial charge on any atom is 0.244 e. The van der Waals surface area contributed by atoms with Crippen molar-refractivity contribution in [3.63, 3.8) is 0 Å². The van der Waals surface area contributed by atoms with Gasteiger partial charge in [0.15, 0.2) is 11.5 Å². The molecule has 1 saturated carbocycles. The van der Waals surface area contributed by atoms with E-state index in [0.717, 1.165) is 36.4 Å². The molecule has 1 atom stereocenters. The highest BCUT2D eigenvalue weighted by Gasteiger charge is 2.33. The van der Waals surface area contributed by atoms with Gasteiger partial charge in [-0.2, -0.15) is 0 Å². The largest absolute Gasteiger partial charge is 0.486 e. The molecule has 4 rings (SSSR count). The molecule has 2 amide bonds. The number of amides is 2. The molecule has 12 heteroatoms. The van der Waals surface area contributed by atoms with Gasteiger partial charge in [-0.3, -0.25) is 13.9 Å². The summed E-state index contributed by atoms with van der Waals surface area (Å²) in [4.78, 5) is 28.6. The number of carbonyl (C=O) groups excluding carboxylic acids is 2. The summed E-state index contributed by atoms with van der Waals surface area (Å²) in [6.07, 6.45) is 4.98. The summed E-state index contributed by atoms with van der Waals surface area (Å²) in [5.74, 6) is -0.226. The first-order valence-corrected chi connectivity index (χ1v) is 15.9. The molecule has 218 valence electrons. The molecule has 1 aliphatic carbocycles. The molecule has 0 unspecified atom stereocenters. The number of sulfonamides is 1. The van der Waals surface area contributed by atoms with Crippen LogP contribution in [0.15, 0.2) is 36.4 Å². The molecular weight excluding hydrogens is 577 g/mol. The lowest BCUT2D eigenvalue weighted by molar-refractivity contribution is -0.139. The maximum absolute atomic E-state index is 13.9. The van der Waals surface area contributed by atoms with Crippen LogP contribution in [0, 0.1) is 0 Å². The minimum absolute atomic E-state index is 0.0410. The second-order valence-electron chi connectivity index (χ2n) is 9.98. The van der Waals surface area contributed by atoms with E-state index in [0.29, 0.717) is 40.3 Å². The molecule has 1 heterocycles. The Morgan fingerprint density at radius 1 is 1.02 bits per heavy atom. The molecule has 9 nitrogen and oxygen atoms in total. The lowest BCUT2D eigenvalue weighted by Gasteiger charge is -2.33.